The minimum atomic E-state index is -3.27. The highest BCUT2D eigenvalue weighted by molar-refractivity contribution is 7.90. The van der Waals surface area contributed by atoms with Crippen LogP contribution in [0.2, 0.25) is 0 Å². The molecule has 0 aliphatic heterocycles. The summed E-state index contributed by atoms with van der Waals surface area (Å²) in [7, 11) is -1.55. The molecular formula is C12H14N2O3S. The molecule has 1 N–H and O–H groups in total. The summed E-state index contributed by atoms with van der Waals surface area (Å²) in [6.45, 7) is 0. The minimum Gasteiger partial charge on any atom is -0.382 e. The molecule has 2 aromatic rings. The first-order valence-corrected chi connectivity index (χ1v) is 7.25. The Morgan fingerprint density at radius 1 is 1.33 bits per heavy atom. The lowest BCUT2D eigenvalue weighted by Gasteiger charge is -2.12. The molecule has 1 atom stereocenters. The van der Waals surface area contributed by atoms with Crippen LogP contribution in [-0.4, -0.2) is 29.6 Å². The number of rotatable bonds is 3. The summed E-state index contributed by atoms with van der Waals surface area (Å²) < 4.78 is 24.5. The van der Waals surface area contributed by atoms with Gasteiger partial charge in [-0.3, -0.25) is 4.68 Å². The fourth-order valence-electron chi connectivity index (χ4n) is 1.74. The average Bonchev–Trinajstić information content (AvgIpc) is 2.73. The van der Waals surface area contributed by atoms with Gasteiger partial charge in [-0.05, 0) is 23.8 Å². The number of aliphatic hydroxyl groups is 1. The fraction of sp³-hybridized carbons (Fsp3) is 0.250. The lowest BCUT2D eigenvalue weighted by atomic mass is 10.1. The molecule has 2 rings (SSSR count). The Hall–Kier alpha value is -1.66. The van der Waals surface area contributed by atoms with Gasteiger partial charge in [0.15, 0.2) is 9.84 Å². The molecule has 1 unspecified atom stereocenters. The number of hydrogen-bond acceptors (Lipinski definition) is 4. The standard InChI is InChI=1S/C12H14N2O3S/c1-14-11(6-7-13-14)12(15)9-4-3-5-10(8-9)18(2,16)17/h3-8,12,15H,1-2H3. The fourth-order valence-corrected chi connectivity index (χ4v) is 2.41. The minimum absolute atomic E-state index is 0.196. The number of nitrogens with zero attached hydrogens (tertiary/aromatic N) is 2. The van der Waals surface area contributed by atoms with E-state index in [9.17, 15) is 13.5 Å². The van der Waals surface area contributed by atoms with E-state index in [1.54, 1.807) is 36.1 Å². The predicted molar refractivity (Wildman–Crippen MR) is 66.8 cm³/mol. The largest absolute Gasteiger partial charge is 0.382 e. The summed E-state index contributed by atoms with van der Waals surface area (Å²) in [6, 6.07) is 7.98. The van der Waals surface area contributed by atoms with E-state index in [-0.39, 0.29) is 4.90 Å². The summed E-state index contributed by atoms with van der Waals surface area (Å²) in [4.78, 5) is 0.196. The molecule has 96 valence electrons. The number of hydrogen-bond donors (Lipinski definition) is 1. The van der Waals surface area contributed by atoms with Gasteiger partial charge in [0.1, 0.15) is 6.10 Å². The maximum absolute atomic E-state index is 11.5. The second-order valence-electron chi connectivity index (χ2n) is 4.13. The predicted octanol–water partition coefficient (Wildman–Crippen LogP) is 0.905. The summed E-state index contributed by atoms with van der Waals surface area (Å²) in [5.41, 5.74) is 1.14. The molecule has 0 bridgehead atoms. The zero-order valence-corrected chi connectivity index (χ0v) is 10.9. The van der Waals surface area contributed by atoms with Crippen LogP contribution in [0.15, 0.2) is 41.4 Å². The van der Waals surface area contributed by atoms with Gasteiger partial charge in [-0.15, -0.1) is 0 Å². The van der Waals surface area contributed by atoms with Crippen LogP contribution in [0.4, 0.5) is 0 Å². The van der Waals surface area contributed by atoms with Crippen molar-refractivity contribution in [3.8, 4) is 0 Å². The van der Waals surface area contributed by atoms with Gasteiger partial charge in [0.2, 0.25) is 0 Å². The maximum Gasteiger partial charge on any atom is 0.175 e. The van der Waals surface area contributed by atoms with Crippen LogP contribution in [0.1, 0.15) is 17.4 Å². The van der Waals surface area contributed by atoms with Crippen molar-refractivity contribution in [2.45, 2.75) is 11.0 Å². The summed E-state index contributed by atoms with van der Waals surface area (Å²) in [5, 5.41) is 14.2. The van der Waals surface area contributed by atoms with E-state index in [1.165, 1.54) is 12.1 Å². The third-order valence-corrected chi connectivity index (χ3v) is 3.85. The molecule has 0 aliphatic rings. The van der Waals surface area contributed by atoms with E-state index in [2.05, 4.69) is 5.10 Å². The Morgan fingerprint density at radius 3 is 2.61 bits per heavy atom. The van der Waals surface area contributed by atoms with Crippen molar-refractivity contribution in [3.63, 3.8) is 0 Å². The third kappa shape index (κ3) is 2.44. The highest BCUT2D eigenvalue weighted by Crippen LogP contribution is 2.23. The number of sulfone groups is 1. The second-order valence-corrected chi connectivity index (χ2v) is 6.14. The van der Waals surface area contributed by atoms with Crippen molar-refractivity contribution in [1.29, 1.82) is 0 Å². The van der Waals surface area contributed by atoms with Crippen molar-refractivity contribution >= 4 is 9.84 Å². The van der Waals surface area contributed by atoms with Crippen LogP contribution < -0.4 is 0 Å². The molecule has 0 saturated carbocycles. The Balaban J connectivity index is 2.44. The van der Waals surface area contributed by atoms with Crippen molar-refractivity contribution in [3.05, 3.63) is 47.8 Å². The first-order valence-electron chi connectivity index (χ1n) is 5.35. The molecule has 0 fully saturated rings. The van der Waals surface area contributed by atoms with Crippen LogP contribution in [0.25, 0.3) is 0 Å². The molecule has 1 heterocycles. The normalized spacial score (nSPS) is 13.5. The van der Waals surface area contributed by atoms with E-state index in [0.29, 0.717) is 11.3 Å². The molecule has 1 aromatic carbocycles. The van der Waals surface area contributed by atoms with Crippen molar-refractivity contribution in [2.24, 2.45) is 7.05 Å². The lowest BCUT2D eigenvalue weighted by molar-refractivity contribution is 0.209. The first-order chi connectivity index (χ1) is 8.39. The van der Waals surface area contributed by atoms with Gasteiger partial charge in [0.25, 0.3) is 0 Å². The van der Waals surface area contributed by atoms with E-state index in [4.69, 9.17) is 0 Å². The number of aliphatic hydroxyl groups excluding tert-OH is 1. The van der Waals surface area contributed by atoms with Gasteiger partial charge in [0.05, 0.1) is 10.6 Å². The van der Waals surface area contributed by atoms with Gasteiger partial charge in [-0.25, -0.2) is 8.42 Å². The zero-order chi connectivity index (χ0) is 13.3. The highest BCUT2D eigenvalue weighted by atomic mass is 32.2. The van der Waals surface area contributed by atoms with Gasteiger partial charge in [0, 0.05) is 19.5 Å². The first kappa shape index (κ1) is 12.8. The molecule has 18 heavy (non-hydrogen) atoms. The van der Waals surface area contributed by atoms with E-state index in [0.717, 1.165) is 6.26 Å². The lowest BCUT2D eigenvalue weighted by Crippen LogP contribution is -2.07. The summed E-state index contributed by atoms with van der Waals surface area (Å²) in [5.74, 6) is 0. The molecule has 0 radical (unpaired) electrons. The van der Waals surface area contributed by atoms with Crippen molar-refractivity contribution in [2.75, 3.05) is 6.26 Å². The average molecular weight is 266 g/mol. The van der Waals surface area contributed by atoms with Crippen LogP contribution in [-0.2, 0) is 16.9 Å². The number of aromatic nitrogens is 2. The molecule has 1 aromatic heterocycles. The van der Waals surface area contributed by atoms with Gasteiger partial charge < -0.3 is 5.11 Å². The van der Waals surface area contributed by atoms with Crippen LogP contribution in [0.5, 0.6) is 0 Å². The summed E-state index contributed by atoms with van der Waals surface area (Å²) in [6.07, 6.45) is 1.83. The molecule has 0 aliphatic carbocycles. The number of aryl methyl sites for hydroxylation is 1. The van der Waals surface area contributed by atoms with Gasteiger partial charge in [-0.2, -0.15) is 5.10 Å². The molecule has 0 saturated heterocycles. The highest BCUT2D eigenvalue weighted by Gasteiger charge is 2.16. The Morgan fingerprint density at radius 2 is 2.06 bits per heavy atom. The smallest absolute Gasteiger partial charge is 0.175 e. The topological polar surface area (TPSA) is 72.2 Å². The Kier molecular flexibility index (Phi) is 3.23. The van der Waals surface area contributed by atoms with Crippen LogP contribution in [0, 0.1) is 0 Å². The summed E-state index contributed by atoms with van der Waals surface area (Å²) >= 11 is 0. The molecule has 0 spiro atoms. The Labute approximate surface area is 106 Å². The van der Waals surface area contributed by atoms with E-state index >= 15 is 0 Å². The zero-order valence-electron chi connectivity index (χ0n) is 10.1. The van der Waals surface area contributed by atoms with Crippen LogP contribution in [0.3, 0.4) is 0 Å². The molecular weight excluding hydrogens is 252 g/mol. The SMILES string of the molecule is Cn1nccc1C(O)c1cccc(S(C)(=O)=O)c1. The van der Waals surface area contributed by atoms with E-state index in [1.807, 2.05) is 0 Å². The van der Waals surface area contributed by atoms with Crippen molar-refractivity contribution < 1.29 is 13.5 Å². The number of benzene rings is 1. The van der Waals surface area contributed by atoms with Crippen molar-refractivity contribution in [1.82, 2.24) is 9.78 Å². The molecule has 6 heteroatoms. The monoisotopic (exact) mass is 266 g/mol. The maximum atomic E-state index is 11.5. The Bertz CT molecular complexity index is 661. The van der Waals surface area contributed by atoms with Gasteiger partial charge >= 0.3 is 0 Å². The third-order valence-electron chi connectivity index (χ3n) is 2.74. The van der Waals surface area contributed by atoms with Gasteiger partial charge in [-0.1, -0.05) is 12.1 Å². The van der Waals surface area contributed by atoms with E-state index < -0.39 is 15.9 Å². The molecule has 5 nitrogen and oxygen atoms in total. The van der Waals surface area contributed by atoms with Crippen LogP contribution >= 0.6 is 0 Å². The quantitative estimate of drug-likeness (QED) is 0.896. The molecule has 0 amide bonds. The second kappa shape index (κ2) is 4.55.